The number of hydrogen-bond acceptors (Lipinski definition) is 4. The maximum Gasteiger partial charge on any atom is 0.256 e. The summed E-state index contributed by atoms with van der Waals surface area (Å²) in [5.41, 5.74) is 1.15. The van der Waals surface area contributed by atoms with Gasteiger partial charge in [0.2, 0.25) is 0 Å². The summed E-state index contributed by atoms with van der Waals surface area (Å²) >= 11 is 0. The highest BCUT2D eigenvalue weighted by molar-refractivity contribution is 5.99. The van der Waals surface area contributed by atoms with Crippen molar-refractivity contribution in [3.63, 3.8) is 0 Å². The molecule has 3 heterocycles. The van der Waals surface area contributed by atoms with E-state index in [0.717, 1.165) is 25.0 Å². The topological polar surface area (TPSA) is 62.5 Å². The molecule has 0 aliphatic carbocycles. The van der Waals surface area contributed by atoms with Gasteiger partial charge in [0.05, 0.1) is 12.2 Å². The lowest BCUT2D eigenvalue weighted by Crippen LogP contribution is -2.32. The number of benzene rings is 1. The zero-order chi connectivity index (χ0) is 20.5. The van der Waals surface area contributed by atoms with Crippen molar-refractivity contribution in [2.45, 2.75) is 45.2 Å². The molecule has 1 aliphatic rings. The van der Waals surface area contributed by atoms with E-state index in [9.17, 15) is 13.6 Å². The summed E-state index contributed by atoms with van der Waals surface area (Å²) in [6.07, 6.45) is 5.59. The molecular formula is C21H23F2N5O. The van der Waals surface area contributed by atoms with E-state index in [-0.39, 0.29) is 18.0 Å². The summed E-state index contributed by atoms with van der Waals surface area (Å²) in [7, 11) is 0. The summed E-state index contributed by atoms with van der Waals surface area (Å²) in [5.74, 6) is -0.506. The van der Waals surface area contributed by atoms with Crippen LogP contribution in [0.1, 0.15) is 55.1 Å². The molecule has 152 valence electrons. The van der Waals surface area contributed by atoms with E-state index in [1.165, 1.54) is 12.3 Å². The average Bonchev–Trinajstić information content (AvgIpc) is 3.36. The first-order chi connectivity index (χ1) is 14.0. The maximum atomic E-state index is 14.4. The van der Waals surface area contributed by atoms with E-state index in [4.69, 9.17) is 0 Å². The first kappa shape index (κ1) is 19.3. The predicted octanol–water partition coefficient (Wildman–Crippen LogP) is 3.88. The van der Waals surface area contributed by atoms with E-state index < -0.39 is 11.6 Å². The van der Waals surface area contributed by atoms with Crippen LogP contribution in [-0.4, -0.2) is 33.1 Å². The van der Waals surface area contributed by atoms with Crippen LogP contribution in [0, 0.1) is 11.6 Å². The summed E-state index contributed by atoms with van der Waals surface area (Å²) in [5, 5.41) is 7.13. The number of aromatic nitrogens is 3. The van der Waals surface area contributed by atoms with E-state index in [0.29, 0.717) is 35.6 Å². The fourth-order valence-corrected chi connectivity index (χ4v) is 3.72. The Morgan fingerprint density at radius 1 is 1.34 bits per heavy atom. The second-order valence-corrected chi connectivity index (χ2v) is 7.41. The number of nitrogens with zero attached hydrogens (tertiary/aromatic N) is 4. The minimum absolute atomic E-state index is 0.0412. The Hall–Kier alpha value is -3.03. The largest absolute Gasteiger partial charge is 0.349 e. The number of rotatable bonds is 5. The van der Waals surface area contributed by atoms with Crippen molar-refractivity contribution in [2.24, 2.45) is 0 Å². The molecule has 1 saturated heterocycles. The van der Waals surface area contributed by atoms with Crippen LogP contribution in [0.25, 0.3) is 5.65 Å². The van der Waals surface area contributed by atoms with Crippen molar-refractivity contribution in [3.8, 4) is 0 Å². The Balaban J connectivity index is 1.69. The van der Waals surface area contributed by atoms with Crippen LogP contribution in [0.15, 0.2) is 36.7 Å². The minimum Gasteiger partial charge on any atom is -0.349 e. The van der Waals surface area contributed by atoms with Crippen molar-refractivity contribution < 1.29 is 13.6 Å². The predicted molar refractivity (Wildman–Crippen MR) is 106 cm³/mol. The van der Waals surface area contributed by atoms with Gasteiger partial charge in [-0.25, -0.2) is 18.3 Å². The average molecular weight is 399 g/mol. The molecule has 8 heteroatoms. The first-order valence-corrected chi connectivity index (χ1v) is 9.84. The normalized spacial score (nSPS) is 17.7. The molecule has 0 radical (unpaired) electrons. The molecule has 1 unspecified atom stereocenters. The zero-order valence-electron chi connectivity index (χ0n) is 16.4. The van der Waals surface area contributed by atoms with Gasteiger partial charge in [0.25, 0.3) is 5.91 Å². The molecular weight excluding hydrogens is 376 g/mol. The van der Waals surface area contributed by atoms with Crippen LogP contribution >= 0.6 is 0 Å². The van der Waals surface area contributed by atoms with Gasteiger partial charge in [-0.1, -0.05) is 6.92 Å². The van der Waals surface area contributed by atoms with Crippen LogP contribution < -0.4 is 10.2 Å². The van der Waals surface area contributed by atoms with Gasteiger partial charge in [0.15, 0.2) is 5.65 Å². The molecule has 3 aromatic rings. The van der Waals surface area contributed by atoms with Crippen molar-refractivity contribution in [1.82, 2.24) is 19.9 Å². The number of anilines is 1. The zero-order valence-corrected chi connectivity index (χ0v) is 16.4. The maximum absolute atomic E-state index is 14.4. The number of nitrogens with one attached hydrogen (secondary N) is 1. The summed E-state index contributed by atoms with van der Waals surface area (Å²) in [6, 6.07) is 5.05. The molecule has 1 aromatic carbocycles. The Morgan fingerprint density at radius 3 is 2.97 bits per heavy atom. The lowest BCUT2D eigenvalue weighted by atomic mass is 10.0. The molecule has 29 heavy (non-hydrogen) atoms. The standard InChI is InChI=1S/C21H23F2N5O/c1-3-13(2)25-21(29)16-12-24-28-10-8-19(26-20(16)28)27-9-4-5-18(27)15-11-14(22)6-7-17(15)23/h6-8,10-13,18H,3-5,9H2,1-2H3,(H,25,29)/t13-,18?/m0/s1. The van der Waals surface area contributed by atoms with Crippen molar-refractivity contribution in [2.75, 3.05) is 11.4 Å². The summed E-state index contributed by atoms with van der Waals surface area (Å²) < 4.78 is 29.6. The minimum atomic E-state index is -0.462. The number of halogens is 2. The number of hydrogen-bond donors (Lipinski definition) is 1. The first-order valence-electron chi connectivity index (χ1n) is 9.84. The third kappa shape index (κ3) is 3.66. The Bertz CT molecular complexity index is 1050. The molecule has 0 spiro atoms. The highest BCUT2D eigenvalue weighted by atomic mass is 19.1. The molecule has 0 bridgehead atoms. The van der Waals surface area contributed by atoms with Gasteiger partial charge in [0.1, 0.15) is 23.0 Å². The fourth-order valence-electron chi connectivity index (χ4n) is 3.72. The van der Waals surface area contributed by atoms with Crippen molar-refractivity contribution in [1.29, 1.82) is 0 Å². The van der Waals surface area contributed by atoms with Crippen LogP contribution in [-0.2, 0) is 0 Å². The molecule has 1 N–H and O–H groups in total. The second kappa shape index (κ2) is 7.77. The van der Waals surface area contributed by atoms with Gasteiger partial charge in [0, 0.05) is 24.3 Å². The highest BCUT2D eigenvalue weighted by Gasteiger charge is 2.30. The molecule has 2 atom stereocenters. The molecule has 2 aromatic heterocycles. The quantitative estimate of drug-likeness (QED) is 0.707. The Labute approximate surface area is 167 Å². The van der Waals surface area contributed by atoms with E-state index in [2.05, 4.69) is 15.4 Å². The fraction of sp³-hybridized carbons (Fsp3) is 0.381. The van der Waals surface area contributed by atoms with E-state index in [1.807, 2.05) is 18.7 Å². The molecule has 1 aliphatic heterocycles. The van der Waals surface area contributed by atoms with Gasteiger partial charge in [-0.05, 0) is 50.5 Å². The van der Waals surface area contributed by atoms with Gasteiger partial charge in [-0.2, -0.15) is 5.10 Å². The molecule has 1 amide bonds. The molecule has 4 rings (SSSR count). The summed E-state index contributed by atoms with van der Waals surface area (Å²) in [4.78, 5) is 19.2. The third-order valence-corrected chi connectivity index (χ3v) is 5.45. The van der Waals surface area contributed by atoms with Gasteiger partial charge >= 0.3 is 0 Å². The van der Waals surface area contributed by atoms with Gasteiger partial charge in [-0.3, -0.25) is 4.79 Å². The van der Waals surface area contributed by atoms with E-state index in [1.54, 1.807) is 16.8 Å². The smallest absolute Gasteiger partial charge is 0.256 e. The van der Waals surface area contributed by atoms with Crippen LogP contribution in [0.2, 0.25) is 0 Å². The van der Waals surface area contributed by atoms with Crippen molar-refractivity contribution in [3.05, 3.63) is 59.4 Å². The molecule has 6 nitrogen and oxygen atoms in total. The number of fused-ring (bicyclic) bond motifs is 1. The van der Waals surface area contributed by atoms with Crippen LogP contribution in [0.3, 0.4) is 0 Å². The highest BCUT2D eigenvalue weighted by Crippen LogP contribution is 2.36. The summed E-state index contributed by atoms with van der Waals surface area (Å²) in [6.45, 7) is 4.60. The van der Waals surface area contributed by atoms with Crippen molar-refractivity contribution >= 4 is 17.4 Å². The Kier molecular flexibility index (Phi) is 5.17. The second-order valence-electron chi connectivity index (χ2n) is 7.41. The SMILES string of the molecule is CC[C@H](C)NC(=O)c1cnn2ccc(N3CCCC3c3cc(F)ccc3F)nc12. The lowest BCUT2D eigenvalue weighted by Gasteiger charge is -2.26. The number of carbonyl (C=O) groups is 1. The van der Waals surface area contributed by atoms with E-state index >= 15 is 0 Å². The molecule has 0 saturated carbocycles. The third-order valence-electron chi connectivity index (χ3n) is 5.45. The molecule has 1 fully saturated rings. The number of carbonyl (C=O) groups excluding carboxylic acids is 1. The van der Waals surface area contributed by atoms with Crippen LogP contribution in [0.4, 0.5) is 14.6 Å². The van der Waals surface area contributed by atoms with Crippen LogP contribution in [0.5, 0.6) is 0 Å². The monoisotopic (exact) mass is 399 g/mol. The van der Waals surface area contributed by atoms with Gasteiger partial charge in [-0.15, -0.1) is 0 Å². The Morgan fingerprint density at radius 2 is 2.17 bits per heavy atom. The number of amides is 1. The van der Waals surface area contributed by atoms with Gasteiger partial charge < -0.3 is 10.2 Å². The lowest BCUT2D eigenvalue weighted by molar-refractivity contribution is 0.0940.